The molecule has 3 nitrogen and oxygen atoms in total. The van der Waals surface area contributed by atoms with Gasteiger partial charge in [0.2, 0.25) is 0 Å². The lowest BCUT2D eigenvalue weighted by molar-refractivity contribution is 0.185. The van der Waals surface area contributed by atoms with Crippen molar-refractivity contribution in [3.05, 3.63) is 23.8 Å². The second kappa shape index (κ2) is 5.41. The molecule has 2 N–H and O–H groups in total. The van der Waals surface area contributed by atoms with Gasteiger partial charge >= 0.3 is 0 Å². The zero-order valence-electron chi connectivity index (χ0n) is 10.8. The molecule has 1 aromatic carbocycles. The van der Waals surface area contributed by atoms with Crippen LogP contribution < -0.4 is 10.5 Å². The molecule has 1 aliphatic heterocycles. The van der Waals surface area contributed by atoms with Gasteiger partial charge in [-0.3, -0.25) is 4.90 Å². The molecule has 2 rings (SSSR count). The second-order valence-corrected chi connectivity index (χ2v) is 5.02. The minimum atomic E-state index is 0.832. The highest BCUT2D eigenvalue weighted by Crippen LogP contribution is 2.23. The number of anilines is 1. The molecule has 1 saturated heterocycles. The molecule has 0 spiro atoms. The van der Waals surface area contributed by atoms with Crippen LogP contribution in [0.15, 0.2) is 18.2 Å². The van der Waals surface area contributed by atoms with Gasteiger partial charge in [-0.05, 0) is 43.5 Å². The number of benzene rings is 1. The van der Waals surface area contributed by atoms with E-state index in [0.29, 0.717) is 0 Å². The van der Waals surface area contributed by atoms with Crippen LogP contribution in [0, 0.1) is 5.92 Å². The highest BCUT2D eigenvalue weighted by atomic mass is 16.5. The molecule has 17 heavy (non-hydrogen) atoms. The fraction of sp³-hybridized carbons (Fsp3) is 0.571. The number of nitrogen functional groups attached to an aromatic ring is 1. The first-order valence-corrected chi connectivity index (χ1v) is 6.34. The van der Waals surface area contributed by atoms with Gasteiger partial charge in [-0.25, -0.2) is 0 Å². The van der Waals surface area contributed by atoms with Crippen molar-refractivity contribution in [1.29, 1.82) is 0 Å². The summed E-state index contributed by atoms with van der Waals surface area (Å²) in [4.78, 5) is 2.48. The van der Waals surface area contributed by atoms with Crippen molar-refractivity contribution in [2.24, 2.45) is 5.92 Å². The van der Waals surface area contributed by atoms with Gasteiger partial charge in [0, 0.05) is 18.3 Å². The maximum atomic E-state index is 6.03. The van der Waals surface area contributed by atoms with E-state index in [1.54, 1.807) is 7.11 Å². The lowest BCUT2D eigenvalue weighted by Crippen LogP contribution is -2.32. The van der Waals surface area contributed by atoms with E-state index in [2.05, 4.69) is 17.9 Å². The van der Waals surface area contributed by atoms with E-state index in [1.165, 1.54) is 31.5 Å². The molecule has 1 fully saturated rings. The number of methoxy groups -OCH3 is 1. The van der Waals surface area contributed by atoms with Crippen LogP contribution in [-0.4, -0.2) is 25.1 Å². The predicted molar refractivity (Wildman–Crippen MR) is 71.1 cm³/mol. The molecule has 94 valence electrons. The zero-order valence-corrected chi connectivity index (χ0v) is 10.8. The average molecular weight is 234 g/mol. The topological polar surface area (TPSA) is 38.5 Å². The third-order valence-electron chi connectivity index (χ3n) is 3.62. The summed E-state index contributed by atoms with van der Waals surface area (Å²) in [6.07, 6.45) is 2.60. The smallest absolute Gasteiger partial charge is 0.120 e. The summed E-state index contributed by atoms with van der Waals surface area (Å²) >= 11 is 0. The number of hydrogen-bond donors (Lipinski definition) is 1. The largest absolute Gasteiger partial charge is 0.497 e. The van der Waals surface area contributed by atoms with Gasteiger partial charge in [0.1, 0.15) is 5.75 Å². The Kier molecular flexibility index (Phi) is 3.89. The van der Waals surface area contributed by atoms with Crippen LogP contribution in [0.25, 0.3) is 0 Å². The molecule has 0 aromatic heterocycles. The molecule has 1 aliphatic rings. The van der Waals surface area contributed by atoms with Gasteiger partial charge in [0.05, 0.1) is 7.11 Å². The van der Waals surface area contributed by atoms with Crippen molar-refractivity contribution in [2.75, 3.05) is 25.9 Å². The lowest BCUT2D eigenvalue weighted by atomic mass is 9.98. The Labute approximate surface area is 104 Å². The van der Waals surface area contributed by atoms with Gasteiger partial charge < -0.3 is 10.5 Å². The monoisotopic (exact) mass is 234 g/mol. The third-order valence-corrected chi connectivity index (χ3v) is 3.62. The van der Waals surface area contributed by atoms with E-state index in [1.807, 2.05) is 12.1 Å². The van der Waals surface area contributed by atoms with Crippen LogP contribution in [0.3, 0.4) is 0 Å². The summed E-state index contributed by atoms with van der Waals surface area (Å²) in [5, 5.41) is 0. The highest BCUT2D eigenvalue weighted by Gasteiger charge is 2.16. The number of nitrogens with zero attached hydrogens (tertiary/aromatic N) is 1. The molecule has 1 aromatic rings. The zero-order chi connectivity index (χ0) is 12.3. The van der Waals surface area contributed by atoms with Crippen LogP contribution in [0.5, 0.6) is 5.75 Å². The summed E-state index contributed by atoms with van der Waals surface area (Å²) in [6.45, 7) is 5.67. The molecule has 1 heterocycles. The third kappa shape index (κ3) is 3.13. The van der Waals surface area contributed by atoms with E-state index in [9.17, 15) is 0 Å². The predicted octanol–water partition coefficient (Wildman–Crippen LogP) is 2.51. The number of nitrogens with two attached hydrogens (primary N) is 1. The van der Waals surface area contributed by atoms with Crippen molar-refractivity contribution in [1.82, 2.24) is 4.90 Å². The fourth-order valence-electron chi connectivity index (χ4n) is 2.31. The van der Waals surface area contributed by atoms with Crippen molar-refractivity contribution in [2.45, 2.75) is 26.3 Å². The normalized spacial score (nSPS) is 18.2. The van der Waals surface area contributed by atoms with Crippen LogP contribution in [-0.2, 0) is 6.54 Å². The molecule has 3 heteroatoms. The number of likely N-dealkylation sites (tertiary alicyclic amines) is 1. The molecule has 0 amide bonds. The van der Waals surface area contributed by atoms with Crippen molar-refractivity contribution in [3.63, 3.8) is 0 Å². The van der Waals surface area contributed by atoms with Gasteiger partial charge in [-0.15, -0.1) is 0 Å². The van der Waals surface area contributed by atoms with Crippen LogP contribution >= 0.6 is 0 Å². The molecule has 0 aliphatic carbocycles. The van der Waals surface area contributed by atoms with Crippen LogP contribution in [0.1, 0.15) is 25.3 Å². The summed E-state index contributed by atoms with van der Waals surface area (Å²) in [5.41, 5.74) is 8.08. The maximum absolute atomic E-state index is 6.03. The maximum Gasteiger partial charge on any atom is 0.120 e. The minimum absolute atomic E-state index is 0.832. The molecular formula is C14H22N2O. The number of rotatable bonds is 3. The summed E-state index contributed by atoms with van der Waals surface area (Å²) < 4.78 is 5.16. The van der Waals surface area contributed by atoms with Gasteiger partial charge in [-0.1, -0.05) is 13.0 Å². The molecule has 0 saturated carbocycles. The van der Waals surface area contributed by atoms with E-state index in [4.69, 9.17) is 10.5 Å². The minimum Gasteiger partial charge on any atom is -0.497 e. The second-order valence-electron chi connectivity index (χ2n) is 5.02. The SMILES string of the molecule is COc1ccc(CN2CCC(C)CC2)c(N)c1. The summed E-state index contributed by atoms with van der Waals surface area (Å²) in [6, 6.07) is 5.96. The Bertz CT molecular complexity index is 370. The first-order chi connectivity index (χ1) is 8.19. The lowest BCUT2D eigenvalue weighted by Gasteiger charge is -2.30. The van der Waals surface area contributed by atoms with Crippen LogP contribution in [0.2, 0.25) is 0 Å². The van der Waals surface area contributed by atoms with E-state index < -0.39 is 0 Å². The van der Waals surface area contributed by atoms with Crippen molar-refractivity contribution >= 4 is 5.69 Å². The number of piperidine rings is 1. The Morgan fingerprint density at radius 2 is 2.06 bits per heavy atom. The van der Waals surface area contributed by atoms with E-state index in [0.717, 1.165) is 23.9 Å². The Morgan fingerprint density at radius 1 is 1.35 bits per heavy atom. The Morgan fingerprint density at radius 3 is 2.65 bits per heavy atom. The summed E-state index contributed by atoms with van der Waals surface area (Å²) in [5.74, 6) is 1.71. The van der Waals surface area contributed by atoms with Gasteiger partial charge in [-0.2, -0.15) is 0 Å². The number of hydrogen-bond acceptors (Lipinski definition) is 3. The van der Waals surface area contributed by atoms with Crippen molar-refractivity contribution in [3.8, 4) is 5.75 Å². The Balaban J connectivity index is 1.99. The van der Waals surface area contributed by atoms with E-state index in [-0.39, 0.29) is 0 Å². The highest BCUT2D eigenvalue weighted by molar-refractivity contribution is 5.51. The number of ether oxygens (including phenoxy) is 1. The average Bonchev–Trinajstić information content (AvgIpc) is 2.34. The molecular weight excluding hydrogens is 212 g/mol. The molecule has 0 atom stereocenters. The Hall–Kier alpha value is -1.22. The van der Waals surface area contributed by atoms with Crippen LogP contribution in [0.4, 0.5) is 5.69 Å². The van der Waals surface area contributed by atoms with Crippen molar-refractivity contribution < 1.29 is 4.74 Å². The first kappa shape index (κ1) is 12.2. The van der Waals surface area contributed by atoms with Gasteiger partial charge in [0.15, 0.2) is 0 Å². The molecule has 0 bridgehead atoms. The molecule has 0 unspecified atom stereocenters. The molecule has 0 radical (unpaired) electrons. The summed E-state index contributed by atoms with van der Waals surface area (Å²) in [7, 11) is 1.67. The first-order valence-electron chi connectivity index (χ1n) is 6.34. The standard InChI is InChI=1S/C14H22N2O/c1-11-5-7-16(8-6-11)10-12-3-4-13(17-2)9-14(12)15/h3-4,9,11H,5-8,10,15H2,1-2H3. The van der Waals surface area contributed by atoms with E-state index >= 15 is 0 Å². The fourth-order valence-corrected chi connectivity index (χ4v) is 2.31. The quantitative estimate of drug-likeness (QED) is 0.817. The van der Waals surface area contributed by atoms with Gasteiger partial charge in [0.25, 0.3) is 0 Å².